The fourth-order valence-corrected chi connectivity index (χ4v) is 1.16. The normalized spacial score (nSPS) is 11.0. The molecule has 0 saturated heterocycles. The Kier molecular flexibility index (Phi) is 4.03. The molecule has 0 aromatic heterocycles. The Morgan fingerprint density at radius 1 is 1.21 bits per heavy atom. The second-order valence-corrected chi connectivity index (χ2v) is 3.76. The van der Waals surface area contributed by atoms with Crippen LogP contribution in [0.1, 0.15) is 25.0 Å². The van der Waals surface area contributed by atoms with Crippen molar-refractivity contribution in [2.45, 2.75) is 26.3 Å². The van der Waals surface area contributed by atoms with Crippen LogP contribution in [-0.4, -0.2) is 0 Å². The van der Waals surface area contributed by atoms with E-state index in [4.69, 9.17) is 5.73 Å². The SMILES string of the molecule is Cc1c(F)ccc(C(C)(C)N)c1F.Cl. The van der Waals surface area contributed by atoms with Gasteiger partial charge in [-0.2, -0.15) is 0 Å². The third-order valence-electron chi connectivity index (χ3n) is 2.01. The van der Waals surface area contributed by atoms with Crippen molar-refractivity contribution in [3.63, 3.8) is 0 Å². The summed E-state index contributed by atoms with van der Waals surface area (Å²) in [6.45, 7) is 4.77. The van der Waals surface area contributed by atoms with Gasteiger partial charge in [0.1, 0.15) is 11.6 Å². The zero-order chi connectivity index (χ0) is 10.2. The van der Waals surface area contributed by atoms with E-state index >= 15 is 0 Å². The molecule has 0 atom stereocenters. The molecule has 0 fully saturated rings. The lowest BCUT2D eigenvalue weighted by atomic mass is 9.93. The predicted molar refractivity (Wildman–Crippen MR) is 55.6 cm³/mol. The highest BCUT2D eigenvalue weighted by Gasteiger charge is 2.21. The van der Waals surface area contributed by atoms with Gasteiger partial charge in [-0.05, 0) is 26.8 Å². The second kappa shape index (κ2) is 4.24. The predicted octanol–water partition coefficient (Wildman–Crippen LogP) is 2.89. The van der Waals surface area contributed by atoms with Crippen molar-refractivity contribution in [2.75, 3.05) is 0 Å². The summed E-state index contributed by atoms with van der Waals surface area (Å²) in [5, 5.41) is 0. The number of nitrogens with two attached hydrogens (primary N) is 1. The lowest BCUT2D eigenvalue weighted by molar-refractivity contribution is 0.487. The summed E-state index contributed by atoms with van der Waals surface area (Å²) in [5.41, 5.74) is 5.30. The highest BCUT2D eigenvalue weighted by molar-refractivity contribution is 5.85. The lowest BCUT2D eigenvalue weighted by Crippen LogP contribution is -2.30. The van der Waals surface area contributed by atoms with Crippen molar-refractivity contribution < 1.29 is 8.78 Å². The molecule has 0 amide bonds. The third-order valence-corrected chi connectivity index (χ3v) is 2.01. The summed E-state index contributed by atoms with van der Waals surface area (Å²) in [6, 6.07) is 2.63. The van der Waals surface area contributed by atoms with Crippen LogP contribution < -0.4 is 5.73 Å². The molecule has 0 heterocycles. The first-order chi connectivity index (χ1) is 5.84. The fraction of sp³-hybridized carbons (Fsp3) is 0.400. The van der Waals surface area contributed by atoms with Gasteiger partial charge in [-0.15, -0.1) is 12.4 Å². The zero-order valence-corrected chi connectivity index (χ0v) is 9.21. The maximum absolute atomic E-state index is 13.4. The third kappa shape index (κ3) is 2.42. The van der Waals surface area contributed by atoms with E-state index in [0.29, 0.717) is 5.56 Å². The van der Waals surface area contributed by atoms with Crippen LogP contribution in [0.15, 0.2) is 12.1 Å². The number of hydrogen-bond donors (Lipinski definition) is 1. The number of halogens is 3. The van der Waals surface area contributed by atoms with Crippen molar-refractivity contribution in [1.29, 1.82) is 0 Å². The number of rotatable bonds is 1. The summed E-state index contributed by atoms with van der Waals surface area (Å²) in [6.07, 6.45) is 0. The maximum Gasteiger partial charge on any atom is 0.134 e. The average molecular weight is 222 g/mol. The Morgan fingerprint density at radius 3 is 2.14 bits per heavy atom. The maximum atomic E-state index is 13.4. The van der Waals surface area contributed by atoms with E-state index in [-0.39, 0.29) is 18.0 Å². The molecule has 0 aliphatic heterocycles. The van der Waals surface area contributed by atoms with Crippen LogP contribution in [0.5, 0.6) is 0 Å². The van der Waals surface area contributed by atoms with Gasteiger partial charge in [-0.25, -0.2) is 8.78 Å². The van der Waals surface area contributed by atoms with Gasteiger partial charge in [0, 0.05) is 16.7 Å². The molecule has 1 nitrogen and oxygen atoms in total. The monoisotopic (exact) mass is 221 g/mol. The number of hydrogen-bond acceptors (Lipinski definition) is 1. The van der Waals surface area contributed by atoms with Crippen LogP contribution in [0.25, 0.3) is 0 Å². The minimum Gasteiger partial charge on any atom is -0.322 e. The molecule has 14 heavy (non-hydrogen) atoms. The molecule has 2 N–H and O–H groups in total. The van der Waals surface area contributed by atoms with Gasteiger partial charge in [-0.3, -0.25) is 0 Å². The van der Waals surface area contributed by atoms with Crippen LogP contribution in [0.4, 0.5) is 8.78 Å². The summed E-state index contributed by atoms with van der Waals surface area (Å²) >= 11 is 0. The molecule has 0 aliphatic rings. The van der Waals surface area contributed by atoms with E-state index in [1.807, 2.05) is 0 Å². The standard InChI is InChI=1S/C10H13F2N.ClH/c1-6-8(11)5-4-7(9(6)12)10(2,3)13;/h4-5H,13H2,1-3H3;1H. The smallest absolute Gasteiger partial charge is 0.134 e. The van der Waals surface area contributed by atoms with Gasteiger partial charge in [0.2, 0.25) is 0 Å². The lowest BCUT2D eigenvalue weighted by Gasteiger charge is -2.20. The van der Waals surface area contributed by atoms with Crippen molar-refractivity contribution in [1.82, 2.24) is 0 Å². The minimum absolute atomic E-state index is 0. The molecular formula is C10H14ClF2N. The molecule has 0 spiro atoms. The van der Waals surface area contributed by atoms with Crippen molar-refractivity contribution in [3.05, 3.63) is 34.9 Å². The fourth-order valence-electron chi connectivity index (χ4n) is 1.16. The molecule has 1 rings (SSSR count). The zero-order valence-electron chi connectivity index (χ0n) is 8.40. The average Bonchev–Trinajstić information content (AvgIpc) is 1.98. The first-order valence-corrected chi connectivity index (χ1v) is 4.08. The first-order valence-electron chi connectivity index (χ1n) is 4.08. The highest BCUT2D eigenvalue weighted by Crippen LogP contribution is 2.23. The first kappa shape index (κ1) is 13.3. The largest absolute Gasteiger partial charge is 0.322 e. The summed E-state index contributed by atoms with van der Waals surface area (Å²) in [7, 11) is 0. The van der Waals surface area contributed by atoms with Crippen molar-refractivity contribution in [3.8, 4) is 0 Å². The highest BCUT2D eigenvalue weighted by atomic mass is 35.5. The molecule has 0 saturated carbocycles. The topological polar surface area (TPSA) is 26.0 Å². The van der Waals surface area contributed by atoms with E-state index in [1.54, 1.807) is 13.8 Å². The molecule has 0 bridgehead atoms. The molecule has 0 aliphatic carbocycles. The van der Waals surface area contributed by atoms with E-state index in [2.05, 4.69) is 0 Å². The van der Waals surface area contributed by atoms with Crippen LogP contribution in [0.3, 0.4) is 0 Å². The summed E-state index contributed by atoms with van der Waals surface area (Å²) in [5.74, 6) is -1.09. The van der Waals surface area contributed by atoms with Crippen LogP contribution in [-0.2, 0) is 5.54 Å². The van der Waals surface area contributed by atoms with Crippen LogP contribution in [0, 0.1) is 18.6 Å². The van der Waals surface area contributed by atoms with Gasteiger partial charge in [-0.1, -0.05) is 6.07 Å². The van der Waals surface area contributed by atoms with E-state index in [0.717, 1.165) is 0 Å². The van der Waals surface area contributed by atoms with E-state index in [1.165, 1.54) is 19.1 Å². The van der Waals surface area contributed by atoms with E-state index < -0.39 is 17.2 Å². The van der Waals surface area contributed by atoms with Gasteiger partial charge >= 0.3 is 0 Å². The second-order valence-electron chi connectivity index (χ2n) is 3.76. The minimum atomic E-state index is -0.775. The number of benzene rings is 1. The quantitative estimate of drug-likeness (QED) is 0.776. The van der Waals surface area contributed by atoms with Crippen LogP contribution in [0.2, 0.25) is 0 Å². The molecule has 1 aromatic rings. The molecule has 0 unspecified atom stereocenters. The van der Waals surface area contributed by atoms with Gasteiger partial charge < -0.3 is 5.73 Å². The molecular weight excluding hydrogens is 208 g/mol. The van der Waals surface area contributed by atoms with Crippen molar-refractivity contribution >= 4 is 12.4 Å². The van der Waals surface area contributed by atoms with E-state index in [9.17, 15) is 8.78 Å². The molecule has 0 radical (unpaired) electrons. The molecule has 1 aromatic carbocycles. The Balaban J connectivity index is 0.00000169. The van der Waals surface area contributed by atoms with Crippen LogP contribution >= 0.6 is 12.4 Å². The summed E-state index contributed by atoms with van der Waals surface area (Å²) in [4.78, 5) is 0. The summed E-state index contributed by atoms with van der Waals surface area (Å²) < 4.78 is 26.3. The van der Waals surface area contributed by atoms with Gasteiger partial charge in [0.25, 0.3) is 0 Å². The van der Waals surface area contributed by atoms with Crippen molar-refractivity contribution in [2.24, 2.45) is 5.73 Å². The Labute approximate surface area is 88.7 Å². The van der Waals surface area contributed by atoms with Gasteiger partial charge in [0.05, 0.1) is 0 Å². The Bertz CT molecular complexity index is 332. The van der Waals surface area contributed by atoms with Gasteiger partial charge in [0.15, 0.2) is 0 Å². The molecule has 80 valence electrons. The Hall–Kier alpha value is -0.670. The molecule has 4 heteroatoms. The Morgan fingerprint density at radius 2 is 1.71 bits per heavy atom.